The second kappa shape index (κ2) is 17.6. The molecule has 0 radical (unpaired) electrons. The van der Waals surface area contributed by atoms with Gasteiger partial charge in [0.15, 0.2) is 0 Å². The minimum atomic E-state index is 0.485. The molecule has 0 aliphatic carbocycles. The molecule has 0 amide bonds. The highest BCUT2D eigenvalue weighted by atomic mass is 15.1. The number of nitrogens with zero attached hydrogens (tertiary/aromatic N) is 3. The summed E-state index contributed by atoms with van der Waals surface area (Å²) in [6, 6.07) is 65.6. The number of hydrogen-bond donors (Lipinski definition) is 2. The molecule has 8 aromatic carbocycles. The number of aliphatic imine (C=N–C) groups is 1. The van der Waals surface area contributed by atoms with Crippen LogP contribution in [0.25, 0.3) is 72.9 Å². The zero-order chi connectivity index (χ0) is 41.5. The first-order valence-corrected chi connectivity index (χ1v) is 21.1. The fraction of sp³-hybridized carbons (Fsp3) is 0.0714. The van der Waals surface area contributed by atoms with Crippen molar-refractivity contribution < 1.29 is 0 Å². The lowest BCUT2D eigenvalue weighted by atomic mass is 9.98. The van der Waals surface area contributed by atoms with Crippen molar-refractivity contribution in [3.8, 4) is 39.3 Å². The van der Waals surface area contributed by atoms with Crippen molar-refractivity contribution in [1.29, 1.82) is 0 Å². The number of nitrogens with one attached hydrogen (secondary N) is 1. The molecule has 0 saturated carbocycles. The summed E-state index contributed by atoms with van der Waals surface area (Å²) in [5.41, 5.74) is 21.7. The average Bonchev–Trinajstić information content (AvgIpc) is 3.76. The Morgan fingerprint density at radius 1 is 0.607 bits per heavy atom. The summed E-state index contributed by atoms with van der Waals surface area (Å²) in [6.45, 7) is 4.79. The third kappa shape index (κ3) is 7.89. The van der Waals surface area contributed by atoms with Crippen LogP contribution in [0.5, 0.6) is 0 Å². The van der Waals surface area contributed by atoms with E-state index in [1.807, 2.05) is 50.2 Å². The molecule has 3 N–H and O–H groups in total. The van der Waals surface area contributed by atoms with Gasteiger partial charge in [0.2, 0.25) is 0 Å². The molecule has 0 spiro atoms. The topological polar surface area (TPSA) is 68.2 Å². The van der Waals surface area contributed by atoms with Crippen molar-refractivity contribution in [2.75, 3.05) is 11.9 Å². The molecule has 0 unspecified atom stereocenters. The van der Waals surface area contributed by atoms with E-state index in [0.29, 0.717) is 5.84 Å². The second-order valence-electron chi connectivity index (χ2n) is 14.8. The van der Waals surface area contributed by atoms with Crippen LogP contribution < -0.4 is 11.1 Å². The minimum absolute atomic E-state index is 0.485. The predicted octanol–water partition coefficient (Wildman–Crippen LogP) is 13.6. The first kappa shape index (κ1) is 38.7. The summed E-state index contributed by atoms with van der Waals surface area (Å²) in [7, 11) is 0. The van der Waals surface area contributed by atoms with Gasteiger partial charge in [0.25, 0.3) is 0 Å². The van der Waals surface area contributed by atoms with Gasteiger partial charge in [0, 0.05) is 39.7 Å². The molecule has 5 heteroatoms. The maximum atomic E-state index is 6.60. The van der Waals surface area contributed by atoms with Crippen molar-refractivity contribution in [3.05, 3.63) is 222 Å². The number of imidazole rings is 1. The summed E-state index contributed by atoms with van der Waals surface area (Å²) in [5, 5.41) is 5.99. The first-order valence-electron chi connectivity index (χ1n) is 21.1. The van der Waals surface area contributed by atoms with E-state index in [1.165, 1.54) is 22.1 Å². The Labute approximate surface area is 357 Å². The molecular weight excluding hydrogens is 743 g/mol. The molecule has 0 bridgehead atoms. The van der Waals surface area contributed by atoms with Gasteiger partial charge in [-0.3, -0.25) is 4.57 Å². The Morgan fingerprint density at radius 3 is 1.80 bits per heavy atom. The molecule has 61 heavy (non-hydrogen) atoms. The molecule has 5 nitrogen and oxygen atoms in total. The third-order valence-corrected chi connectivity index (χ3v) is 11.1. The van der Waals surface area contributed by atoms with Crippen molar-refractivity contribution in [1.82, 2.24) is 9.55 Å². The SMILES string of the molecule is CC.NC(=N/C(=C\Cc1ccc(-c2ccccc2)cc1)c1ccc(-c2ccc(-n3c(-c4ccccc4)nc4c5ccccc5c5c(c43)C=CCN5)cc2)cc1)c1ccccc1. The third-order valence-electron chi connectivity index (χ3n) is 11.1. The van der Waals surface area contributed by atoms with E-state index in [2.05, 4.69) is 180 Å². The maximum Gasteiger partial charge on any atom is 0.145 e. The highest BCUT2D eigenvalue weighted by Crippen LogP contribution is 2.42. The van der Waals surface area contributed by atoms with Gasteiger partial charge in [-0.05, 0) is 51.9 Å². The average molecular weight is 790 g/mol. The molecule has 1 aromatic heterocycles. The number of rotatable bonds is 9. The number of fused-ring (bicyclic) bond motifs is 6. The Balaban J connectivity index is 0.00000235. The van der Waals surface area contributed by atoms with E-state index >= 15 is 0 Å². The molecule has 2 heterocycles. The maximum absolute atomic E-state index is 6.60. The largest absolute Gasteiger partial charge is 0.383 e. The van der Waals surface area contributed by atoms with Gasteiger partial charge < -0.3 is 11.1 Å². The smallest absolute Gasteiger partial charge is 0.145 e. The van der Waals surface area contributed by atoms with Crippen molar-refractivity contribution in [2.45, 2.75) is 20.3 Å². The van der Waals surface area contributed by atoms with Crippen LogP contribution in [0.1, 0.15) is 36.1 Å². The zero-order valence-electron chi connectivity index (χ0n) is 34.5. The number of amidine groups is 1. The molecule has 0 saturated heterocycles. The van der Waals surface area contributed by atoms with E-state index < -0.39 is 0 Å². The lowest BCUT2D eigenvalue weighted by molar-refractivity contribution is 1.10. The molecular formula is C56H47N5. The summed E-state index contributed by atoms with van der Waals surface area (Å²) >= 11 is 0. The van der Waals surface area contributed by atoms with E-state index in [9.17, 15) is 0 Å². The first-order chi connectivity index (χ1) is 30.2. The van der Waals surface area contributed by atoms with Gasteiger partial charge in [0.1, 0.15) is 11.7 Å². The highest BCUT2D eigenvalue weighted by Gasteiger charge is 2.23. The standard InChI is InChI=1S/C54H41N5.C2H6/c55-53(43-15-6-2-7-16-43)57-49(35-24-37-22-25-39(26-23-37)38-13-4-1-5-14-38)42-29-27-40(28-30-42)41-31-33-45(34-32-41)59-52-48-21-12-36-56-50(48)46-19-10-11-20-47(46)51(52)58-54(59)44-17-8-3-9-18-44;1-2/h1-23,25-35,56H,24,36H2,(H2,55,57);1-2H3/b49-35-;. The Bertz CT molecular complexity index is 3020. The summed E-state index contributed by atoms with van der Waals surface area (Å²) in [6.07, 6.45) is 7.32. The molecule has 1 aliphatic heterocycles. The van der Waals surface area contributed by atoms with Crippen LogP contribution in [0.4, 0.5) is 5.69 Å². The molecule has 296 valence electrons. The monoisotopic (exact) mass is 789 g/mol. The number of allylic oxidation sites excluding steroid dienone is 1. The Morgan fingerprint density at radius 2 is 1.15 bits per heavy atom. The van der Waals surface area contributed by atoms with E-state index in [-0.39, 0.29) is 0 Å². The van der Waals surface area contributed by atoms with Gasteiger partial charge in [0.05, 0.1) is 22.4 Å². The predicted molar refractivity (Wildman–Crippen MR) is 259 cm³/mol. The fourth-order valence-corrected chi connectivity index (χ4v) is 8.10. The number of nitrogens with two attached hydrogens (primary N) is 1. The van der Waals surface area contributed by atoms with Gasteiger partial charge in [-0.2, -0.15) is 0 Å². The van der Waals surface area contributed by atoms with Crippen LogP contribution in [-0.2, 0) is 6.42 Å². The number of anilines is 1. The van der Waals surface area contributed by atoms with Gasteiger partial charge in [-0.25, -0.2) is 9.98 Å². The van der Waals surface area contributed by atoms with Crippen molar-refractivity contribution in [2.24, 2.45) is 10.7 Å². The number of benzene rings is 8. The van der Waals surface area contributed by atoms with E-state index in [1.54, 1.807) is 0 Å². The zero-order valence-corrected chi connectivity index (χ0v) is 34.5. The normalized spacial score (nSPS) is 12.4. The van der Waals surface area contributed by atoms with Crippen LogP contribution in [0.15, 0.2) is 205 Å². The van der Waals surface area contributed by atoms with Crippen LogP contribution in [-0.4, -0.2) is 21.9 Å². The lowest BCUT2D eigenvalue weighted by Gasteiger charge is -2.19. The Hall–Kier alpha value is -7.76. The fourth-order valence-electron chi connectivity index (χ4n) is 8.10. The second-order valence-corrected chi connectivity index (χ2v) is 14.8. The minimum Gasteiger partial charge on any atom is -0.383 e. The lowest BCUT2D eigenvalue weighted by Crippen LogP contribution is -2.13. The van der Waals surface area contributed by atoms with Crippen LogP contribution in [0.3, 0.4) is 0 Å². The molecule has 9 aromatic rings. The molecule has 1 aliphatic rings. The molecule has 0 atom stereocenters. The van der Waals surface area contributed by atoms with Crippen LogP contribution in [0, 0.1) is 0 Å². The van der Waals surface area contributed by atoms with Crippen LogP contribution >= 0.6 is 0 Å². The highest BCUT2D eigenvalue weighted by molar-refractivity contribution is 6.16. The molecule has 10 rings (SSSR count). The van der Waals surface area contributed by atoms with E-state index in [0.717, 1.165) is 85.7 Å². The number of hydrogen-bond acceptors (Lipinski definition) is 3. The molecule has 0 fully saturated rings. The van der Waals surface area contributed by atoms with Gasteiger partial charge >= 0.3 is 0 Å². The van der Waals surface area contributed by atoms with Crippen LogP contribution in [0.2, 0.25) is 0 Å². The Kier molecular flexibility index (Phi) is 11.2. The summed E-state index contributed by atoms with van der Waals surface area (Å²) < 4.78 is 2.32. The number of aromatic nitrogens is 2. The summed E-state index contributed by atoms with van der Waals surface area (Å²) in [5.74, 6) is 1.40. The van der Waals surface area contributed by atoms with Crippen molar-refractivity contribution >= 4 is 45.1 Å². The quantitative estimate of drug-likeness (QED) is 0.113. The van der Waals surface area contributed by atoms with E-state index in [4.69, 9.17) is 15.7 Å². The van der Waals surface area contributed by atoms with Gasteiger partial charge in [-0.15, -0.1) is 0 Å². The van der Waals surface area contributed by atoms with Gasteiger partial charge in [-0.1, -0.05) is 208 Å². The van der Waals surface area contributed by atoms with Crippen molar-refractivity contribution in [3.63, 3.8) is 0 Å². The summed E-state index contributed by atoms with van der Waals surface area (Å²) in [4.78, 5) is 10.4.